The monoisotopic (exact) mass is 271 g/mol. The van der Waals surface area contributed by atoms with Crippen LogP contribution < -0.4 is 0 Å². The summed E-state index contributed by atoms with van der Waals surface area (Å²) in [7, 11) is -3.42. The summed E-state index contributed by atoms with van der Waals surface area (Å²) in [4.78, 5) is 0.576. The zero-order chi connectivity index (χ0) is 11.8. The van der Waals surface area contributed by atoms with Crippen molar-refractivity contribution in [2.24, 2.45) is 0 Å². The molecule has 1 aromatic carbocycles. The van der Waals surface area contributed by atoms with E-state index < -0.39 is 9.84 Å². The zero-order valence-electron chi connectivity index (χ0n) is 8.40. The Balaban J connectivity index is 2.56. The Bertz CT molecular complexity index is 597. The second kappa shape index (κ2) is 4.20. The lowest BCUT2D eigenvalue weighted by atomic mass is 10.4. The Labute approximate surface area is 103 Å². The van der Waals surface area contributed by atoms with Crippen LogP contribution in [0.25, 0.3) is 0 Å². The number of benzene rings is 1. The van der Waals surface area contributed by atoms with Crippen LogP contribution in [0.3, 0.4) is 0 Å². The fourth-order valence-electron chi connectivity index (χ4n) is 1.32. The zero-order valence-corrected chi connectivity index (χ0v) is 10.8. The molecule has 0 aliphatic heterocycles. The summed E-state index contributed by atoms with van der Waals surface area (Å²) in [5, 5.41) is 5.01. The number of thiophene rings is 1. The number of rotatable bonds is 2. The van der Waals surface area contributed by atoms with Crippen LogP contribution in [0.2, 0.25) is 5.02 Å². The van der Waals surface area contributed by atoms with Crippen LogP contribution in [-0.2, 0) is 9.84 Å². The van der Waals surface area contributed by atoms with E-state index >= 15 is 0 Å². The highest BCUT2D eigenvalue weighted by Crippen LogP contribution is 2.26. The Hall–Kier alpha value is -0.840. The van der Waals surface area contributed by atoms with E-state index in [4.69, 9.17) is 11.6 Å². The fourth-order valence-corrected chi connectivity index (χ4v) is 3.99. The van der Waals surface area contributed by atoms with Gasteiger partial charge in [0.1, 0.15) is 0 Å². The summed E-state index contributed by atoms with van der Waals surface area (Å²) in [6, 6.07) is 6.16. The SMILES string of the molecule is Cc1[c]scc1S(=O)(=O)c1ccc(Cl)cc1. The first-order valence-corrected chi connectivity index (χ1v) is 7.22. The number of aryl methyl sites for hydroxylation is 1. The molecule has 0 fully saturated rings. The molecule has 0 aliphatic carbocycles. The second-order valence-electron chi connectivity index (χ2n) is 3.28. The van der Waals surface area contributed by atoms with Crippen molar-refractivity contribution in [3.8, 4) is 0 Å². The van der Waals surface area contributed by atoms with Gasteiger partial charge in [0.05, 0.1) is 9.79 Å². The molecular formula is C11H8ClO2S2. The highest BCUT2D eigenvalue weighted by molar-refractivity contribution is 7.91. The van der Waals surface area contributed by atoms with Crippen LogP contribution in [0, 0.1) is 12.3 Å². The molecule has 0 amide bonds. The summed E-state index contributed by atoms with van der Waals surface area (Å²) in [6.45, 7) is 1.74. The highest BCUT2D eigenvalue weighted by atomic mass is 35.5. The summed E-state index contributed by atoms with van der Waals surface area (Å²) in [5.41, 5.74) is 0.653. The van der Waals surface area contributed by atoms with Crippen molar-refractivity contribution in [3.05, 3.63) is 45.6 Å². The van der Waals surface area contributed by atoms with E-state index in [9.17, 15) is 8.42 Å². The molecule has 1 aromatic heterocycles. The lowest BCUT2D eigenvalue weighted by molar-refractivity contribution is 0.596. The Morgan fingerprint density at radius 3 is 2.38 bits per heavy atom. The van der Waals surface area contributed by atoms with E-state index in [0.29, 0.717) is 15.5 Å². The van der Waals surface area contributed by atoms with E-state index in [2.05, 4.69) is 5.38 Å². The summed E-state index contributed by atoms with van der Waals surface area (Å²) in [5.74, 6) is 0. The van der Waals surface area contributed by atoms with Gasteiger partial charge in [0, 0.05) is 15.8 Å². The molecule has 83 valence electrons. The minimum absolute atomic E-state index is 0.256. The molecule has 1 heterocycles. The van der Waals surface area contributed by atoms with Gasteiger partial charge in [-0.1, -0.05) is 11.6 Å². The van der Waals surface area contributed by atoms with Crippen molar-refractivity contribution in [1.29, 1.82) is 0 Å². The van der Waals surface area contributed by atoms with Gasteiger partial charge in [0.15, 0.2) is 0 Å². The van der Waals surface area contributed by atoms with Gasteiger partial charge in [-0.2, -0.15) is 0 Å². The summed E-state index contributed by atoms with van der Waals surface area (Å²) in [6.07, 6.45) is 0. The van der Waals surface area contributed by atoms with Crippen molar-refractivity contribution in [3.63, 3.8) is 0 Å². The third-order valence-electron chi connectivity index (χ3n) is 2.16. The topological polar surface area (TPSA) is 34.1 Å². The first-order valence-electron chi connectivity index (χ1n) is 4.48. The largest absolute Gasteiger partial charge is 0.218 e. The average molecular weight is 272 g/mol. The highest BCUT2D eigenvalue weighted by Gasteiger charge is 2.20. The van der Waals surface area contributed by atoms with Gasteiger partial charge in [0.25, 0.3) is 0 Å². The predicted octanol–water partition coefficient (Wildman–Crippen LogP) is 3.34. The molecule has 0 bridgehead atoms. The van der Waals surface area contributed by atoms with Gasteiger partial charge in [-0.05, 0) is 36.8 Å². The van der Waals surface area contributed by atoms with Gasteiger partial charge < -0.3 is 0 Å². The van der Waals surface area contributed by atoms with Crippen LogP contribution in [-0.4, -0.2) is 8.42 Å². The maximum atomic E-state index is 12.2. The van der Waals surface area contributed by atoms with Crippen molar-refractivity contribution >= 4 is 32.8 Å². The van der Waals surface area contributed by atoms with E-state index in [1.54, 1.807) is 24.4 Å². The van der Waals surface area contributed by atoms with Crippen molar-refractivity contribution in [1.82, 2.24) is 0 Å². The minimum Gasteiger partial charge on any atom is -0.218 e. The van der Waals surface area contributed by atoms with Crippen LogP contribution in [0.4, 0.5) is 0 Å². The molecule has 0 aliphatic rings. The van der Waals surface area contributed by atoms with Crippen LogP contribution in [0.5, 0.6) is 0 Å². The Morgan fingerprint density at radius 1 is 1.25 bits per heavy atom. The normalized spacial score (nSPS) is 11.6. The van der Waals surface area contributed by atoms with Crippen molar-refractivity contribution < 1.29 is 8.42 Å². The van der Waals surface area contributed by atoms with Gasteiger partial charge in [-0.25, -0.2) is 8.42 Å². The van der Waals surface area contributed by atoms with Gasteiger partial charge in [0.2, 0.25) is 9.84 Å². The standard InChI is InChI=1S/C11H8ClO2S2/c1-8-6-15-7-11(8)16(13,14)10-4-2-9(12)3-5-10/h2-5,7H,1H3. The molecule has 0 saturated carbocycles. The van der Waals surface area contributed by atoms with Crippen molar-refractivity contribution in [2.45, 2.75) is 16.7 Å². The minimum atomic E-state index is -3.42. The van der Waals surface area contributed by atoms with E-state index in [0.717, 1.165) is 0 Å². The van der Waals surface area contributed by atoms with Crippen LogP contribution >= 0.6 is 22.9 Å². The molecule has 0 N–H and O–H groups in total. The Morgan fingerprint density at radius 2 is 1.88 bits per heavy atom. The molecule has 0 saturated heterocycles. The molecule has 2 aromatic rings. The maximum Gasteiger partial charge on any atom is 0.207 e. The summed E-state index contributed by atoms with van der Waals surface area (Å²) < 4.78 is 24.3. The fraction of sp³-hybridized carbons (Fsp3) is 0.0909. The van der Waals surface area contributed by atoms with Crippen molar-refractivity contribution in [2.75, 3.05) is 0 Å². The summed E-state index contributed by atoms with van der Waals surface area (Å²) >= 11 is 6.98. The third-order valence-corrected chi connectivity index (χ3v) is 5.24. The molecule has 5 heteroatoms. The smallest absolute Gasteiger partial charge is 0.207 e. The number of sulfone groups is 1. The van der Waals surface area contributed by atoms with Gasteiger partial charge >= 0.3 is 0 Å². The van der Waals surface area contributed by atoms with Crippen LogP contribution in [0.1, 0.15) is 5.56 Å². The second-order valence-corrected chi connectivity index (χ2v) is 6.31. The lowest BCUT2D eigenvalue weighted by Gasteiger charge is -2.03. The number of halogens is 1. The molecule has 0 unspecified atom stereocenters. The van der Waals surface area contributed by atoms with Gasteiger partial charge in [-0.3, -0.25) is 0 Å². The predicted molar refractivity (Wildman–Crippen MR) is 64.8 cm³/mol. The molecule has 16 heavy (non-hydrogen) atoms. The van der Waals surface area contributed by atoms with E-state index in [1.165, 1.54) is 23.5 Å². The average Bonchev–Trinajstić information content (AvgIpc) is 2.66. The first-order chi connectivity index (χ1) is 7.51. The molecule has 2 nitrogen and oxygen atoms in total. The molecule has 1 radical (unpaired) electrons. The molecule has 0 spiro atoms. The number of hydrogen-bond donors (Lipinski definition) is 0. The maximum absolute atomic E-state index is 12.2. The molecule has 0 atom stereocenters. The lowest BCUT2D eigenvalue weighted by Crippen LogP contribution is -2.01. The number of hydrogen-bond acceptors (Lipinski definition) is 3. The van der Waals surface area contributed by atoms with E-state index in [-0.39, 0.29) is 4.90 Å². The Kier molecular flexibility index (Phi) is 3.06. The first kappa shape index (κ1) is 11.6. The van der Waals surface area contributed by atoms with Crippen LogP contribution in [0.15, 0.2) is 39.4 Å². The third kappa shape index (κ3) is 2.00. The quantitative estimate of drug-likeness (QED) is 0.839. The molecular weight excluding hydrogens is 264 g/mol. The van der Waals surface area contributed by atoms with Gasteiger partial charge in [-0.15, -0.1) is 11.3 Å². The van der Waals surface area contributed by atoms with E-state index in [1.807, 2.05) is 0 Å². The molecule has 2 rings (SSSR count).